The Morgan fingerprint density at radius 2 is 2.20 bits per heavy atom. The lowest BCUT2D eigenvalue weighted by Gasteiger charge is -2.22. The molecule has 1 saturated heterocycles. The van der Waals surface area contributed by atoms with Crippen LogP contribution in [0.1, 0.15) is 37.8 Å². The zero-order valence-electron chi connectivity index (χ0n) is 9.15. The molecule has 5 nitrogen and oxygen atoms in total. The van der Waals surface area contributed by atoms with Gasteiger partial charge in [0.1, 0.15) is 0 Å². The van der Waals surface area contributed by atoms with Crippen LogP contribution in [0.5, 0.6) is 0 Å². The zero-order chi connectivity index (χ0) is 10.7. The van der Waals surface area contributed by atoms with E-state index in [0.29, 0.717) is 11.7 Å². The Morgan fingerprint density at radius 1 is 1.47 bits per heavy atom. The molecule has 1 aromatic heterocycles. The van der Waals surface area contributed by atoms with Gasteiger partial charge in [-0.2, -0.15) is 0 Å². The molecule has 0 bridgehead atoms. The second-order valence-electron chi connectivity index (χ2n) is 3.97. The molecule has 0 radical (unpaired) electrons. The van der Waals surface area contributed by atoms with Crippen molar-refractivity contribution < 1.29 is 4.74 Å². The van der Waals surface area contributed by atoms with Crippen LogP contribution < -0.4 is 5.73 Å². The van der Waals surface area contributed by atoms with Crippen LogP contribution in [0.25, 0.3) is 0 Å². The standard InChI is InChI=1S/C10H18N4O/c1-2-5-14-9(10(11)12-13-14)8-3-6-15-7-4-8/h8H,2-7,11H2,1H3. The van der Waals surface area contributed by atoms with Crippen molar-refractivity contribution in [3.63, 3.8) is 0 Å². The average molecular weight is 210 g/mol. The number of aromatic nitrogens is 3. The number of nitrogens with two attached hydrogens (primary N) is 1. The Bertz CT molecular complexity index is 317. The van der Waals surface area contributed by atoms with Gasteiger partial charge in [0.05, 0.1) is 5.69 Å². The lowest BCUT2D eigenvalue weighted by molar-refractivity contribution is 0.0836. The van der Waals surface area contributed by atoms with E-state index >= 15 is 0 Å². The number of ether oxygens (including phenoxy) is 1. The van der Waals surface area contributed by atoms with E-state index in [0.717, 1.165) is 44.7 Å². The Kier molecular flexibility index (Phi) is 3.20. The van der Waals surface area contributed by atoms with Crippen molar-refractivity contribution >= 4 is 5.82 Å². The maximum atomic E-state index is 5.87. The van der Waals surface area contributed by atoms with Crippen molar-refractivity contribution in [3.05, 3.63) is 5.69 Å². The van der Waals surface area contributed by atoms with Crippen LogP contribution in [0, 0.1) is 0 Å². The van der Waals surface area contributed by atoms with E-state index < -0.39 is 0 Å². The summed E-state index contributed by atoms with van der Waals surface area (Å²) in [6.07, 6.45) is 3.11. The van der Waals surface area contributed by atoms with E-state index in [1.54, 1.807) is 0 Å². The van der Waals surface area contributed by atoms with Crippen molar-refractivity contribution in [3.8, 4) is 0 Å². The van der Waals surface area contributed by atoms with E-state index in [9.17, 15) is 0 Å². The fraction of sp³-hybridized carbons (Fsp3) is 0.800. The van der Waals surface area contributed by atoms with Gasteiger partial charge in [-0.1, -0.05) is 12.1 Å². The number of hydrogen-bond donors (Lipinski definition) is 1. The van der Waals surface area contributed by atoms with Crippen molar-refractivity contribution in [1.29, 1.82) is 0 Å². The van der Waals surface area contributed by atoms with Crippen molar-refractivity contribution in [2.75, 3.05) is 18.9 Å². The fourth-order valence-corrected chi connectivity index (χ4v) is 2.10. The van der Waals surface area contributed by atoms with Gasteiger partial charge in [-0.3, -0.25) is 0 Å². The van der Waals surface area contributed by atoms with Gasteiger partial charge in [0, 0.05) is 25.7 Å². The minimum absolute atomic E-state index is 0.472. The molecular weight excluding hydrogens is 192 g/mol. The highest BCUT2D eigenvalue weighted by molar-refractivity contribution is 5.36. The normalized spacial score (nSPS) is 18.2. The SMILES string of the molecule is CCCn1nnc(N)c1C1CCOCC1. The molecule has 15 heavy (non-hydrogen) atoms. The molecule has 0 aromatic carbocycles. The second-order valence-corrected chi connectivity index (χ2v) is 3.97. The first-order valence-corrected chi connectivity index (χ1v) is 5.59. The molecule has 2 N–H and O–H groups in total. The van der Waals surface area contributed by atoms with E-state index in [-0.39, 0.29) is 0 Å². The summed E-state index contributed by atoms with van der Waals surface area (Å²) in [5, 5.41) is 8.04. The summed E-state index contributed by atoms with van der Waals surface area (Å²) in [4.78, 5) is 0. The first-order chi connectivity index (χ1) is 7.33. The van der Waals surface area contributed by atoms with Crippen LogP contribution in [-0.4, -0.2) is 28.2 Å². The molecule has 0 atom stereocenters. The number of hydrogen-bond acceptors (Lipinski definition) is 4. The van der Waals surface area contributed by atoms with E-state index in [1.165, 1.54) is 0 Å². The Morgan fingerprint density at radius 3 is 2.87 bits per heavy atom. The molecule has 1 aliphatic heterocycles. The van der Waals surface area contributed by atoms with Gasteiger partial charge in [0.15, 0.2) is 5.82 Å². The highest BCUT2D eigenvalue weighted by atomic mass is 16.5. The van der Waals surface area contributed by atoms with E-state index in [2.05, 4.69) is 17.2 Å². The summed E-state index contributed by atoms with van der Waals surface area (Å²) in [6.45, 7) is 4.67. The van der Waals surface area contributed by atoms with Gasteiger partial charge < -0.3 is 10.5 Å². The molecule has 0 saturated carbocycles. The van der Waals surface area contributed by atoms with Crippen LogP contribution in [0.2, 0.25) is 0 Å². The van der Waals surface area contributed by atoms with Gasteiger partial charge >= 0.3 is 0 Å². The maximum absolute atomic E-state index is 5.87. The minimum Gasteiger partial charge on any atom is -0.381 e. The number of nitrogens with zero attached hydrogens (tertiary/aromatic N) is 3. The summed E-state index contributed by atoms with van der Waals surface area (Å²) in [5.74, 6) is 1.07. The van der Waals surface area contributed by atoms with Crippen LogP contribution in [0.15, 0.2) is 0 Å². The van der Waals surface area contributed by atoms with Crippen molar-refractivity contribution in [2.45, 2.75) is 38.6 Å². The molecule has 0 spiro atoms. The highest BCUT2D eigenvalue weighted by Gasteiger charge is 2.23. The molecule has 1 aliphatic rings. The van der Waals surface area contributed by atoms with E-state index in [1.807, 2.05) is 4.68 Å². The molecule has 0 amide bonds. The molecule has 0 aliphatic carbocycles. The quantitative estimate of drug-likeness (QED) is 0.813. The first kappa shape index (κ1) is 10.4. The summed E-state index contributed by atoms with van der Waals surface area (Å²) in [7, 11) is 0. The fourth-order valence-electron chi connectivity index (χ4n) is 2.10. The van der Waals surface area contributed by atoms with Gasteiger partial charge in [-0.25, -0.2) is 4.68 Å². The molecule has 2 rings (SSSR count). The predicted octanol–water partition coefficient (Wildman–Crippen LogP) is 1.16. The summed E-state index contributed by atoms with van der Waals surface area (Å²) in [6, 6.07) is 0. The lowest BCUT2D eigenvalue weighted by Crippen LogP contribution is -2.18. The molecule has 5 heteroatoms. The predicted molar refractivity (Wildman–Crippen MR) is 57.5 cm³/mol. The van der Waals surface area contributed by atoms with Crippen LogP contribution in [0.4, 0.5) is 5.82 Å². The molecule has 0 unspecified atom stereocenters. The van der Waals surface area contributed by atoms with Gasteiger partial charge in [-0.15, -0.1) is 5.10 Å². The number of nitrogen functional groups attached to an aromatic ring is 1. The Hall–Kier alpha value is -1.10. The average Bonchev–Trinajstić information content (AvgIpc) is 2.62. The molecule has 2 heterocycles. The third-order valence-electron chi connectivity index (χ3n) is 2.84. The zero-order valence-corrected chi connectivity index (χ0v) is 9.15. The minimum atomic E-state index is 0.472. The topological polar surface area (TPSA) is 66.0 Å². The monoisotopic (exact) mass is 210 g/mol. The van der Waals surface area contributed by atoms with Crippen LogP contribution in [-0.2, 0) is 11.3 Å². The van der Waals surface area contributed by atoms with Crippen LogP contribution >= 0.6 is 0 Å². The Balaban J connectivity index is 2.19. The number of anilines is 1. The number of aryl methyl sites for hydroxylation is 1. The lowest BCUT2D eigenvalue weighted by atomic mass is 9.96. The van der Waals surface area contributed by atoms with Gasteiger partial charge in [0.2, 0.25) is 0 Å². The molecule has 84 valence electrons. The second kappa shape index (κ2) is 4.61. The Labute approximate surface area is 89.6 Å². The van der Waals surface area contributed by atoms with Crippen LogP contribution in [0.3, 0.4) is 0 Å². The van der Waals surface area contributed by atoms with Gasteiger partial charge in [-0.05, 0) is 19.3 Å². The third-order valence-corrected chi connectivity index (χ3v) is 2.84. The summed E-state index contributed by atoms with van der Waals surface area (Å²) in [5.41, 5.74) is 6.98. The first-order valence-electron chi connectivity index (χ1n) is 5.59. The highest BCUT2D eigenvalue weighted by Crippen LogP contribution is 2.29. The molecule has 1 aromatic rings. The smallest absolute Gasteiger partial charge is 0.169 e. The maximum Gasteiger partial charge on any atom is 0.169 e. The largest absolute Gasteiger partial charge is 0.381 e. The third kappa shape index (κ3) is 2.12. The van der Waals surface area contributed by atoms with Crippen molar-refractivity contribution in [2.24, 2.45) is 0 Å². The molecule has 1 fully saturated rings. The van der Waals surface area contributed by atoms with Crippen molar-refractivity contribution in [1.82, 2.24) is 15.0 Å². The summed E-state index contributed by atoms with van der Waals surface area (Å²) >= 11 is 0. The van der Waals surface area contributed by atoms with E-state index in [4.69, 9.17) is 10.5 Å². The van der Waals surface area contributed by atoms with Gasteiger partial charge in [0.25, 0.3) is 0 Å². The summed E-state index contributed by atoms with van der Waals surface area (Å²) < 4.78 is 7.30. The number of rotatable bonds is 3. The molecular formula is C10H18N4O.